The van der Waals surface area contributed by atoms with E-state index in [1.54, 1.807) is 17.4 Å². The fourth-order valence-corrected chi connectivity index (χ4v) is 3.59. The number of nitrogens with one attached hydrogen (secondary N) is 1. The Labute approximate surface area is 122 Å². The molecule has 0 saturated heterocycles. The molecule has 0 aliphatic heterocycles. The first-order chi connectivity index (χ1) is 9.76. The van der Waals surface area contributed by atoms with Gasteiger partial charge in [-0.15, -0.1) is 11.3 Å². The van der Waals surface area contributed by atoms with E-state index in [2.05, 4.69) is 35.6 Å². The fraction of sp³-hybridized carbons (Fsp3) is 0.176. The van der Waals surface area contributed by atoms with Crippen LogP contribution in [0.1, 0.15) is 16.5 Å². The van der Waals surface area contributed by atoms with E-state index in [-0.39, 0.29) is 11.9 Å². The van der Waals surface area contributed by atoms with Crippen molar-refractivity contribution in [3.05, 3.63) is 70.9 Å². The van der Waals surface area contributed by atoms with E-state index in [9.17, 15) is 4.39 Å². The highest BCUT2D eigenvalue weighted by Gasteiger charge is 2.13. The Balaban J connectivity index is 1.91. The lowest BCUT2D eigenvalue weighted by atomic mass is 10.0. The lowest BCUT2D eigenvalue weighted by molar-refractivity contribution is 0.602. The van der Waals surface area contributed by atoms with Crippen molar-refractivity contribution in [2.75, 3.05) is 7.05 Å². The molecule has 1 atom stereocenters. The SMILES string of the molecule is CNC(Cc1ccccc1)c1cc2ccc(F)cc2s1. The predicted octanol–water partition coefficient (Wildman–Crippen LogP) is 4.54. The maximum absolute atomic E-state index is 13.3. The molecule has 0 bridgehead atoms. The van der Waals surface area contributed by atoms with E-state index in [0.29, 0.717) is 0 Å². The molecule has 3 heteroatoms. The molecule has 0 amide bonds. The van der Waals surface area contributed by atoms with Crippen LogP contribution in [0.4, 0.5) is 4.39 Å². The number of hydrogen-bond acceptors (Lipinski definition) is 2. The molecular formula is C17H16FNS. The van der Waals surface area contributed by atoms with Crippen LogP contribution in [0.3, 0.4) is 0 Å². The first-order valence-electron chi connectivity index (χ1n) is 6.66. The molecule has 2 aromatic carbocycles. The van der Waals surface area contributed by atoms with Crippen LogP contribution in [0, 0.1) is 5.82 Å². The van der Waals surface area contributed by atoms with Crippen LogP contribution in [0.25, 0.3) is 10.1 Å². The first-order valence-corrected chi connectivity index (χ1v) is 7.48. The van der Waals surface area contributed by atoms with Gasteiger partial charge in [0.05, 0.1) is 0 Å². The third kappa shape index (κ3) is 2.74. The van der Waals surface area contributed by atoms with Crippen LogP contribution in [-0.4, -0.2) is 7.05 Å². The Morgan fingerprint density at radius 1 is 1.10 bits per heavy atom. The number of hydrogen-bond donors (Lipinski definition) is 1. The van der Waals surface area contributed by atoms with Crippen LogP contribution in [0.15, 0.2) is 54.6 Å². The lowest BCUT2D eigenvalue weighted by Gasteiger charge is -2.14. The van der Waals surface area contributed by atoms with E-state index < -0.39 is 0 Å². The van der Waals surface area contributed by atoms with Crippen molar-refractivity contribution in [2.24, 2.45) is 0 Å². The van der Waals surface area contributed by atoms with Crippen molar-refractivity contribution in [2.45, 2.75) is 12.5 Å². The molecule has 1 N–H and O–H groups in total. The Kier molecular flexibility index (Phi) is 3.81. The molecule has 1 heterocycles. The summed E-state index contributed by atoms with van der Waals surface area (Å²) < 4.78 is 14.3. The number of likely N-dealkylation sites (N-methyl/N-ethyl adjacent to an activating group) is 1. The number of thiophene rings is 1. The van der Waals surface area contributed by atoms with Gasteiger partial charge in [0.15, 0.2) is 0 Å². The van der Waals surface area contributed by atoms with Gasteiger partial charge in [0.1, 0.15) is 5.82 Å². The zero-order valence-corrected chi connectivity index (χ0v) is 12.1. The highest BCUT2D eigenvalue weighted by molar-refractivity contribution is 7.19. The Hall–Kier alpha value is -1.71. The molecule has 102 valence electrons. The predicted molar refractivity (Wildman–Crippen MR) is 83.7 cm³/mol. The third-order valence-corrected chi connectivity index (χ3v) is 4.69. The number of rotatable bonds is 4. The minimum absolute atomic E-state index is 0.171. The molecule has 1 unspecified atom stereocenters. The van der Waals surface area contributed by atoms with E-state index in [1.807, 2.05) is 19.2 Å². The first kappa shape index (κ1) is 13.3. The van der Waals surface area contributed by atoms with Gasteiger partial charge < -0.3 is 5.32 Å². The molecule has 3 aromatic rings. The van der Waals surface area contributed by atoms with E-state index in [0.717, 1.165) is 16.5 Å². The second kappa shape index (κ2) is 5.73. The number of fused-ring (bicyclic) bond motifs is 1. The topological polar surface area (TPSA) is 12.0 Å². The van der Waals surface area contributed by atoms with Crippen molar-refractivity contribution in [3.8, 4) is 0 Å². The number of benzene rings is 2. The summed E-state index contributed by atoms with van der Waals surface area (Å²) in [4.78, 5) is 1.25. The summed E-state index contributed by atoms with van der Waals surface area (Å²) in [6.45, 7) is 0. The summed E-state index contributed by atoms with van der Waals surface area (Å²) in [5, 5.41) is 4.47. The van der Waals surface area contributed by atoms with Gasteiger partial charge in [0, 0.05) is 15.6 Å². The highest BCUT2D eigenvalue weighted by atomic mass is 32.1. The quantitative estimate of drug-likeness (QED) is 0.742. The molecular weight excluding hydrogens is 269 g/mol. The summed E-state index contributed by atoms with van der Waals surface area (Å²) in [5.41, 5.74) is 1.30. The second-order valence-corrected chi connectivity index (χ2v) is 5.98. The Morgan fingerprint density at radius 2 is 1.90 bits per heavy atom. The van der Waals surface area contributed by atoms with Crippen molar-refractivity contribution in [1.29, 1.82) is 0 Å². The van der Waals surface area contributed by atoms with Gasteiger partial charge in [-0.25, -0.2) is 4.39 Å². The van der Waals surface area contributed by atoms with Gasteiger partial charge >= 0.3 is 0 Å². The molecule has 0 radical (unpaired) electrons. The average molecular weight is 285 g/mol. The average Bonchev–Trinajstić information content (AvgIpc) is 2.88. The highest BCUT2D eigenvalue weighted by Crippen LogP contribution is 2.31. The Morgan fingerprint density at radius 3 is 2.65 bits per heavy atom. The van der Waals surface area contributed by atoms with Crippen molar-refractivity contribution in [3.63, 3.8) is 0 Å². The van der Waals surface area contributed by atoms with Crippen molar-refractivity contribution >= 4 is 21.4 Å². The summed E-state index contributed by atoms with van der Waals surface area (Å²) in [7, 11) is 1.97. The van der Waals surface area contributed by atoms with Gasteiger partial charge in [0.25, 0.3) is 0 Å². The monoisotopic (exact) mass is 285 g/mol. The van der Waals surface area contributed by atoms with E-state index >= 15 is 0 Å². The van der Waals surface area contributed by atoms with Crippen LogP contribution >= 0.6 is 11.3 Å². The maximum atomic E-state index is 13.3. The molecule has 20 heavy (non-hydrogen) atoms. The lowest BCUT2D eigenvalue weighted by Crippen LogP contribution is -2.17. The van der Waals surface area contributed by atoms with Gasteiger partial charge in [-0.05, 0) is 42.6 Å². The van der Waals surface area contributed by atoms with Crippen LogP contribution in [-0.2, 0) is 6.42 Å². The van der Waals surface area contributed by atoms with E-state index in [4.69, 9.17) is 0 Å². The molecule has 0 saturated carbocycles. The molecule has 0 aliphatic rings. The Bertz CT molecular complexity index is 705. The smallest absolute Gasteiger partial charge is 0.124 e. The van der Waals surface area contributed by atoms with Gasteiger partial charge in [-0.1, -0.05) is 36.4 Å². The van der Waals surface area contributed by atoms with Crippen LogP contribution in [0.2, 0.25) is 0 Å². The molecule has 3 rings (SSSR count). The summed E-state index contributed by atoms with van der Waals surface area (Å²) in [6.07, 6.45) is 0.937. The normalized spacial score (nSPS) is 12.7. The van der Waals surface area contributed by atoms with Crippen LogP contribution < -0.4 is 5.32 Å². The van der Waals surface area contributed by atoms with Crippen molar-refractivity contribution < 1.29 is 4.39 Å². The van der Waals surface area contributed by atoms with Gasteiger partial charge in [-0.2, -0.15) is 0 Å². The maximum Gasteiger partial charge on any atom is 0.124 e. The van der Waals surface area contributed by atoms with Crippen molar-refractivity contribution in [1.82, 2.24) is 5.32 Å². The summed E-state index contributed by atoms with van der Waals surface area (Å²) >= 11 is 1.66. The zero-order valence-electron chi connectivity index (χ0n) is 11.3. The summed E-state index contributed by atoms with van der Waals surface area (Å²) in [5.74, 6) is -0.171. The molecule has 0 spiro atoms. The number of halogens is 1. The van der Waals surface area contributed by atoms with E-state index in [1.165, 1.54) is 16.5 Å². The van der Waals surface area contributed by atoms with Crippen LogP contribution in [0.5, 0.6) is 0 Å². The van der Waals surface area contributed by atoms with Gasteiger partial charge in [0.2, 0.25) is 0 Å². The molecule has 1 nitrogen and oxygen atoms in total. The third-order valence-electron chi connectivity index (χ3n) is 3.48. The largest absolute Gasteiger partial charge is 0.312 e. The second-order valence-electron chi connectivity index (χ2n) is 4.86. The minimum atomic E-state index is -0.171. The minimum Gasteiger partial charge on any atom is -0.312 e. The molecule has 0 aliphatic carbocycles. The fourth-order valence-electron chi connectivity index (χ4n) is 2.39. The standard InChI is InChI=1S/C17H16FNS/c1-19-15(9-12-5-3-2-4-6-12)17-10-13-7-8-14(18)11-16(13)20-17/h2-8,10-11,15,19H,9H2,1H3. The van der Waals surface area contributed by atoms with Gasteiger partial charge in [-0.3, -0.25) is 0 Å². The summed E-state index contributed by atoms with van der Waals surface area (Å²) in [6, 6.07) is 17.8. The zero-order chi connectivity index (χ0) is 13.9. The molecule has 1 aromatic heterocycles. The molecule has 0 fully saturated rings.